The first-order valence-electron chi connectivity index (χ1n) is 8.63. The van der Waals surface area contributed by atoms with Crippen LogP contribution < -0.4 is 15.5 Å². The highest BCUT2D eigenvalue weighted by molar-refractivity contribution is 14.0. The van der Waals surface area contributed by atoms with Gasteiger partial charge in [-0.25, -0.2) is 9.37 Å². The minimum Gasteiger partial charge on any atom is -0.356 e. The van der Waals surface area contributed by atoms with Crippen molar-refractivity contribution in [1.29, 1.82) is 0 Å². The summed E-state index contributed by atoms with van der Waals surface area (Å²) in [5.74, 6) is 0.485. The van der Waals surface area contributed by atoms with E-state index in [0.717, 1.165) is 42.4 Å². The predicted molar refractivity (Wildman–Crippen MR) is 117 cm³/mol. The maximum atomic E-state index is 13.2. The minimum absolute atomic E-state index is 0. The Balaban J connectivity index is 0.00000243. The average molecular weight is 489 g/mol. The number of hydrogen-bond donors (Lipinski definition) is 2. The van der Waals surface area contributed by atoms with Crippen LogP contribution in [0.2, 0.25) is 0 Å². The lowest BCUT2D eigenvalue weighted by atomic mass is 10.2. The van der Waals surface area contributed by atoms with E-state index in [9.17, 15) is 4.39 Å². The summed E-state index contributed by atoms with van der Waals surface area (Å²) >= 11 is 1.73. The predicted octanol–water partition coefficient (Wildman–Crippen LogP) is 3.41. The van der Waals surface area contributed by atoms with Gasteiger partial charge in [-0.3, -0.25) is 4.99 Å². The number of hydrogen-bond acceptors (Lipinski definition) is 4. The molecule has 0 aliphatic carbocycles. The summed E-state index contributed by atoms with van der Waals surface area (Å²) < 4.78 is 13.2. The molecule has 1 saturated heterocycles. The van der Waals surface area contributed by atoms with Crippen LogP contribution in [0.25, 0.3) is 0 Å². The van der Waals surface area contributed by atoms with E-state index >= 15 is 0 Å². The van der Waals surface area contributed by atoms with Crippen LogP contribution in [0.4, 0.5) is 9.52 Å². The fourth-order valence-corrected chi connectivity index (χ4v) is 3.74. The van der Waals surface area contributed by atoms with Crippen molar-refractivity contribution in [3.8, 4) is 0 Å². The lowest BCUT2D eigenvalue weighted by molar-refractivity contribution is 0.624. The van der Waals surface area contributed by atoms with Gasteiger partial charge >= 0.3 is 0 Å². The van der Waals surface area contributed by atoms with Crippen LogP contribution in [-0.2, 0) is 13.0 Å². The molecule has 26 heavy (non-hydrogen) atoms. The van der Waals surface area contributed by atoms with Gasteiger partial charge in [0.15, 0.2) is 11.1 Å². The van der Waals surface area contributed by atoms with Gasteiger partial charge in [-0.2, -0.15) is 0 Å². The van der Waals surface area contributed by atoms with E-state index in [1.54, 1.807) is 24.5 Å². The number of thiazole rings is 1. The molecule has 3 rings (SSSR count). The smallest absolute Gasteiger partial charge is 0.191 e. The summed E-state index contributed by atoms with van der Waals surface area (Å²) in [6.07, 6.45) is 3.39. The average Bonchev–Trinajstić information content (AvgIpc) is 3.29. The number of aromatic nitrogens is 1. The normalized spacial score (nSPS) is 14.2. The van der Waals surface area contributed by atoms with Crippen LogP contribution in [0, 0.1) is 5.82 Å². The summed E-state index contributed by atoms with van der Waals surface area (Å²) in [7, 11) is 1.73. The molecule has 1 aliphatic rings. The Morgan fingerprint density at radius 1 is 1.31 bits per heavy atom. The van der Waals surface area contributed by atoms with Crippen LogP contribution in [-0.4, -0.2) is 37.6 Å². The molecule has 2 heterocycles. The zero-order valence-corrected chi connectivity index (χ0v) is 18.0. The highest BCUT2D eigenvalue weighted by atomic mass is 127. The lowest BCUT2D eigenvalue weighted by Crippen LogP contribution is -2.37. The molecule has 0 unspecified atom stereocenters. The molecule has 142 valence electrons. The molecule has 0 radical (unpaired) electrons. The number of benzene rings is 1. The van der Waals surface area contributed by atoms with Crippen molar-refractivity contribution in [3.63, 3.8) is 0 Å². The molecule has 1 aromatic heterocycles. The van der Waals surface area contributed by atoms with Gasteiger partial charge in [0, 0.05) is 45.0 Å². The molecule has 0 saturated carbocycles. The number of guanidine groups is 1. The van der Waals surface area contributed by atoms with Crippen molar-refractivity contribution in [2.45, 2.75) is 25.8 Å². The van der Waals surface area contributed by atoms with E-state index < -0.39 is 0 Å². The fourth-order valence-electron chi connectivity index (χ4n) is 2.83. The maximum Gasteiger partial charge on any atom is 0.191 e. The second kappa shape index (κ2) is 10.7. The summed E-state index contributed by atoms with van der Waals surface area (Å²) in [5, 5.41) is 9.75. The van der Waals surface area contributed by atoms with E-state index in [2.05, 4.69) is 25.9 Å². The molecule has 8 heteroatoms. The number of anilines is 1. The Hall–Kier alpha value is -1.42. The quantitative estimate of drug-likeness (QED) is 0.371. The van der Waals surface area contributed by atoms with E-state index in [1.807, 2.05) is 6.07 Å². The summed E-state index contributed by atoms with van der Waals surface area (Å²) in [5.41, 5.74) is 2.00. The number of nitrogens with zero attached hydrogens (tertiary/aromatic N) is 3. The third kappa shape index (κ3) is 6.08. The van der Waals surface area contributed by atoms with Gasteiger partial charge in [0.1, 0.15) is 5.82 Å². The summed E-state index contributed by atoms with van der Waals surface area (Å²) in [4.78, 5) is 11.3. The Morgan fingerprint density at radius 2 is 2.12 bits per heavy atom. The maximum absolute atomic E-state index is 13.2. The number of nitrogens with one attached hydrogen (secondary N) is 2. The lowest BCUT2D eigenvalue weighted by Gasteiger charge is -2.12. The first-order chi connectivity index (χ1) is 12.2. The van der Waals surface area contributed by atoms with E-state index in [-0.39, 0.29) is 29.8 Å². The zero-order valence-electron chi connectivity index (χ0n) is 14.9. The van der Waals surface area contributed by atoms with E-state index in [1.165, 1.54) is 25.0 Å². The molecule has 0 spiro atoms. The van der Waals surface area contributed by atoms with Crippen LogP contribution >= 0.6 is 35.3 Å². The highest BCUT2D eigenvalue weighted by Crippen LogP contribution is 2.24. The molecule has 0 bridgehead atoms. The van der Waals surface area contributed by atoms with Crippen molar-refractivity contribution in [1.82, 2.24) is 15.6 Å². The standard InChI is InChI=1S/C18H24FN5S.HI/c1-20-17(22-12-14-5-4-6-15(19)11-14)21-8-7-16-13-25-18(23-16)24-9-2-3-10-24;/h4-6,11,13H,2-3,7-10,12H2,1H3,(H2,20,21,22);1H. The minimum atomic E-state index is -0.223. The molecule has 2 aromatic rings. The van der Waals surface area contributed by atoms with Gasteiger partial charge < -0.3 is 15.5 Å². The van der Waals surface area contributed by atoms with Crippen molar-refractivity contribution >= 4 is 46.4 Å². The number of aliphatic imine (C=N–C) groups is 1. The number of halogens is 2. The van der Waals surface area contributed by atoms with Crippen LogP contribution in [0.5, 0.6) is 0 Å². The van der Waals surface area contributed by atoms with Crippen molar-refractivity contribution in [2.24, 2.45) is 4.99 Å². The third-order valence-corrected chi connectivity index (χ3v) is 5.11. The van der Waals surface area contributed by atoms with Gasteiger partial charge in [-0.15, -0.1) is 35.3 Å². The third-order valence-electron chi connectivity index (χ3n) is 4.16. The van der Waals surface area contributed by atoms with Crippen molar-refractivity contribution < 1.29 is 4.39 Å². The zero-order chi connectivity index (χ0) is 17.5. The Morgan fingerprint density at radius 3 is 2.85 bits per heavy atom. The van der Waals surface area contributed by atoms with E-state index in [4.69, 9.17) is 4.98 Å². The molecular formula is C18H25FIN5S. The largest absolute Gasteiger partial charge is 0.356 e. The molecule has 0 atom stereocenters. The first-order valence-corrected chi connectivity index (χ1v) is 9.51. The Kier molecular flexibility index (Phi) is 8.56. The van der Waals surface area contributed by atoms with Crippen LogP contribution in [0.1, 0.15) is 24.1 Å². The van der Waals surface area contributed by atoms with Gasteiger partial charge in [-0.1, -0.05) is 12.1 Å². The summed E-state index contributed by atoms with van der Waals surface area (Å²) in [6, 6.07) is 6.57. The Labute approximate surface area is 175 Å². The molecule has 1 fully saturated rings. The SMILES string of the molecule is CN=C(NCCc1csc(N2CCCC2)n1)NCc1cccc(F)c1.I. The van der Waals surface area contributed by atoms with Crippen molar-refractivity contribution in [3.05, 3.63) is 46.7 Å². The fraction of sp³-hybridized carbons (Fsp3) is 0.444. The topological polar surface area (TPSA) is 52.6 Å². The second-order valence-electron chi connectivity index (χ2n) is 6.05. The van der Waals surface area contributed by atoms with Crippen LogP contribution in [0.15, 0.2) is 34.6 Å². The van der Waals surface area contributed by atoms with Gasteiger partial charge in [0.25, 0.3) is 0 Å². The number of rotatable bonds is 6. The molecule has 2 N–H and O–H groups in total. The molecular weight excluding hydrogens is 464 g/mol. The summed E-state index contributed by atoms with van der Waals surface area (Å²) in [6.45, 7) is 3.54. The molecule has 5 nitrogen and oxygen atoms in total. The monoisotopic (exact) mass is 489 g/mol. The first kappa shape index (κ1) is 20.9. The van der Waals surface area contributed by atoms with Gasteiger partial charge in [-0.05, 0) is 30.5 Å². The Bertz CT molecular complexity index is 715. The molecule has 0 amide bonds. The highest BCUT2D eigenvalue weighted by Gasteiger charge is 2.15. The van der Waals surface area contributed by atoms with Crippen molar-refractivity contribution in [2.75, 3.05) is 31.6 Å². The van der Waals surface area contributed by atoms with Gasteiger partial charge in [0.05, 0.1) is 5.69 Å². The molecule has 1 aromatic carbocycles. The van der Waals surface area contributed by atoms with Crippen LogP contribution in [0.3, 0.4) is 0 Å². The van der Waals surface area contributed by atoms with E-state index in [0.29, 0.717) is 12.5 Å². The molecule has 1 aliphatic heterocycles. The van der Waals surface area contributed by atoms with Gasteiger partial charge in [0.2, 0.25) is 0 Å². The second-order valence-corrected chi connectivity index (χ2v) is 6.88.